The molecule has 4 rings (SSSR count). The summed E-state index contributed by atoms with van der Waals surface area (Å²) in [7, 11) is 0. The Morgan fingerprint density at radius 1 is 0.967 bits per heavy atom. The van der Waals surface area contributed by atoms with Gasteiger partial charge in [0.1, 0.15) is 11.4 Å². The molecule has 0 atom stereocenters. The number of halogens is 1. The Hall–Kier alpha value is -2.25. The van der Waals surface area contributed by atoms with Gasteiger partial charge in [-0.15, -0.1) is 0 Å². The number of benzene rings is 2. The van der Waals surface area contributed by atoms with Crippen LogP contribution in [-0.2, 0) is 17.8 Å². The van der Waals surface area contributed by atoms with Gasteiger partial charge in [-0.05, 0) is 31.1 Å². The highest BCUT2D eigenvalue weighted by molar-refractivity contribution is 6.31. The quantitative estimate of drug-likeness (QED) is 0.532. The molecule has 1 aromatic heterocycles. The van der Waals surface area contributed by atoms with Gasteiger partial charge in [-0.25, -0.2) is 0 Å². The SMILES string of the molecule is Clc1ccccc1Cn1nc(CNCCCN2CCOCC2)c(-c2ccccc2)n1. The predicted octanol–water partition coefficient (Wildman–Crippen LogP) is 3.46. The molecule has 30 heavy (non-hydrogen) atoms. The summed E-state index contributed by atoms with van der Waals surface area (Å²) in [6.45, 7) is 7.06. The zero-order valence-electron chi connectivity index (χ0n) is 17.1. The number of rotatable bonds is 9. The zero-order chi connectivity index (χ0) is 20.6. The lowest BCUT2D eigenvalue weighted by Gasteiger charge is -2.26. The van der Waals surface area contributed by atoms with E-state index in [2.05, 4.69) is 22.3 Å². The van der Waals surface area contributed by atoms with Crippen LogP contribution in [0, 0.1) is 0 Å². The molecule has 1 fully saturated rings. The zero-order valence-corrected chi connectivity index (χ0v) is 17.9. The average molecular weight is 426 g/mol. The molecule has 1 N–H and O–H groups in total. The fourth-order valence-corrected chi connectivity index (χ4v) is 3.83. The summed E-state index contributed by atoms with van der Waals surface area (Å²) < 4.78 is 5.41. The molecular formula is C23H28ClN5O. The molecule has 0 radical (unpaired) electrons. The van der Waals surface area contributed by atoms with Gasteiger partial charge in [-0.1, -0.05) is 60.1 Å². The van der Waals surface area contributed by atoms with E-state index < -0.39 is 0 Å². The van der Waals surface area contributed by atoms with E-state index in [0.717, 1.165) is 73.4 Å². The van der Waals surface area contributed by atoms with Gasteiger partial charge in [-0.3, -0.25) is 4.90 Å². The van der Waals surface area contributed by atoms with Gasteiger partial charge in [0, 0.05) is 30.2 Å². The third kappa shape index (κ3) is 5.67. The number of ether oxygens (including phenoxy) is 1. The van der Waals surface area contributed by atoms with Crippen molar-refractivity contribution in [3.63, 3.8) is 0 Å². The maximum absolute atomic E-state index is 6.33. The van der Waals surface area contributed by atoms with Crippen molar-refractivity contribution >= 4 is 11.6 Å². The minimum absolute atomic E-state index is 0.552. The molecule has 6 nitrogen and oxygen atoms in total. The Morgan fingerprint density at radius 3 is 2.53 bits per heavy atom. The van der Waals surface area contributed by atoms with Crippen LogP contribution in [0.5, 0.6) is 0 Å². The Bertz CT molecular complexity index is 924. The molecule has 0 saturated carbocycles. The summed E-state index contributed by atoms with van der Waals surface area (Å²) in [6, 6.07) is 18.1. The van der Waals surface area contributed by atoms with E-state index >= 15 is 0 Å². The highest BCUT2D eigenvalue weighted by Gasteiger charge is 2.14. The van der Waals surface area contributed by atoms with E-state index in [0.29, 0.717) is 13.1 Å². The Balaban J connectivity index is 1.40. The van der Waals surface area contributed by atoms with Crippen molar-refractivity contribution in [2.24, 2.45) is 0 Å². The first kappa shape index (κ1) is 21.0. The van der Waals surface area contributed by atoms with Crippen LogP contribution in [0.15, 0.2) is 54.6 Å². The molecule has 7 heteroatoms. The van der Waals surface area contributed by atoms with Gasteiger partial charge in [0.05, 0.1) is 19.8 Å². The minimum Gasteiger partial charge on any atom is -0.379 e. The lowest BCUT2D eigenvalue weighted by atomic mass is 10.1. The standard InChI is InChI=1S/C23H28ClN5O/c24-21-10-5-4-9-20(21)18-29-26-22(23(27-29)19-7-2-1-3-8-19)17-25-11-6-12-28-13-15-30-16-14-28/h1-5,7-10,25H,6,11-18H2. The predicted molar refractivity (Wildman–Crippen MR) is 120 cm³/mol. The summed E-state index contributed by atoms with van der Waals surface area (Å²) in [6.07, 6.45) is 1.11. The highest BCUT2D eigenvalue weighted by Crippen LogP contribution is 2.21. The van der Waals surface area contributed by atoms with Crippen molar-refractivity contribution < 1.29 is 4.74 Å². The molecule has 0 amide bonds. The molecule has 0 aliphatic carbocycles. The topological polar surface area (TPSA) is 55.2 Å². The van der Waals surface area contributed by atoms with Crippen molar-refractivity contribution in [2.75, 3.05) is 39.4 Å². The van der Waals surface area contributed by atoms with Crippen LogP contribution in [0.1, 0.15) is 17.7 Å². The molecular weight excluding hydrogens is 398 g/mol. The number of hydrogen-bond donors (Lipinski definition) is 1. The van der Waals surface area contributed by atoms with Crippen molar-refractivity contribution in [3.05, 3.63) is 70.9 Å². The largest absolute Gasteiger partial charge is 0.379 e. The average Bonchev–Trinajstić information content (AvgIpc) is 3.19. The van der Waals surface area contributed by atoms with Crippen molar-refractivity contribution in [1.82, 2.24) is 25.2 Å². The number of morpholine rings is 1. The third-order valence-corrected chi connectivity index (χ3v) is 5.63. The normalized spacial score (nSPS) is 14.8. The number of nitrogens with zero attached hydrogens (tertiary/aromatic N) is 4. The molecule has 0 bridgehead atoms. The molecule has 2 heterocycles. The van der Waals surface area contributed by atoms with Crippen LogP contribution in [-0.4, -0.2) is 59.3 Å². The maximum atomic E-state index is 6.33. The first-order valence-corrected chi connectivity index (χ1v) is 10.9. The Labute approximate surface area is 182 Å². The molecule has 0 unspecified atom stereocenters. The molecule has 3 aromatic rings. The molecule has 1 saturated heterocycles. The van der Waals surface area contributed by atoms with E-state index in [9.17, 15) is 0 Å². The van der Waals surface area contributed by atoms with Crippen LogP contribution in [0.4, 0.5) is 0 Å². The van der Waals surface area contributed by atoms with Crippen LogP contribution in [0.3, 0.4) is 0 Å². The Kier molecular flexibility index (Phi) is 7.48. The van der Waals surface area contributed by atoms with Crippen molar-refractivity contribution in [3.8, 4) is 11.3 Å². The molecule has 1 aliphatic rings. The number of nitrogens with one attached hydrogen (secondary N) is 1. The molecule has 158 valence electrons. The smallest absolute Gasteiger partial charge is 0.117 e. The summed E-state index contributed by atoms with van der Waals surface area (Å²) in [4.78, 5) is 4.20. The lowest BCUT2D eigenvalue weighted by Crippen LogP contribution is -2.37. The van der Waals surface area contributed by atoms with Crippen LogP contribution >= 0.6 is 11.6 Å². The van der Waals surface area contributed by atoms with Crippen LogP contribution < -0.4 is 5.32 Å². The van der Waals surface area contributed by atoms with E-state index in [4.69, 9.17) is 26.5 Å². The molecule has 0 spiro atoms. The number of hydrogen-bond acceptors (Lipinski definition) is 5. The van der Waals surface area contributed by atoms with E-state index in [1.165, 1.54) is 0 Å². The Morgan fingerprint density at radius 2 is 1.73 bits per heavy atom. The second-order valence-electron chi connectivity index (χ2n) is 7.47. The van der Waals surface area contributed by atoms with Crippen LogP contribution in [0.2, 0.25) is 5.02 Å². The van der Waals surface area contributed by atoms with Gasteiger partial charge in [-0.2, -0.15) is 15.0 Å². The summed E-state index contributed by atoms with van der Waals surface area (Å²) in [5.41, 5.74) is 3.97. The second kappa shape index (κ2) is 10.7. The molecule has 1 aliphatic heterocycles. The summed E-state index contributed by atoms with van der Waals surface area (Å²) >= 11 is 6.33. The number of aromatic nitrogens is 3. The fraction of sp³-hybridized carbons (Fsp3) is 0.391. The van der Waals surface area contributed by atoms with Gasteiger partial charge >= 0.3 is 0 Å². The van der Waals surface area contributed by atoms with Gasteiger partial charge in [0.2, 0.25) is 0 Å². The highest BCUT2D eigenvalue weighted by atomic mass is 35.5. The van der Waals surface area contributed by atoms with E-state index in [1.807, 2.05) is 42.5 Å². The van der Waals surface area contributed by atoms with Gasteiger partial charge in [0.15, 0.2) is 0 Å². The first-order valence-electron chi connectivity index (χ1n) is 10.5. The first-order chi connectivity index (χ1) is 14.8. The fourth-order valence-electron chi connectivity index (χ4n) is 3.63. The van der Waals surface area contributed by atoms with Crippen molar-refractivity contribution in [2.45, 2.75) is 19.5 Å². The van der Waals surface area contributed by atoms with E-state index in [-0.39, 0.29) is 0 Å². The van der Waals surface area contributed by atoms with Crippen LogP contribution in [0.25, 0.3) is 11.3 Å². The minimum atomic E-state index is 0.552. The van der Waals surface area contributed by atoms with Crippen molar-refractivity contribution in [1.29, 1.82) is 0 Å². The summed E-state index contributed by atoms with van der Waals surface area (Å²) in [5.74, 6) is 0. The van der Waals surface area contributed by atoms with Gasteiger partial charge in [0.25, 0.3) is 0 Å². The maximum Gasteiger partial charge on any atom is 0.117 e. The second-order valence-corrected chi connectivity index (χ2v) is 7.87. The van der Waals surface area contributed by atoms with Gasteiger partial charge < -0.3 is 10.1 Å². The molecule has 2 aromatic carbocycles. The summed E-state index contributed by atoms with van der Waals surface area (Å²) in [5, 5.41) is 13.8. The van der Waals surface area contributed by atoms with E-state index in [1.54, 1.807) is 4.80 Å². The third-order valence-electron chi connectivity index (χ3n) is 5.27. The monoisotopic (exact) mass is 425 g/mol. The lowest BCUT2D eigenvalue weighted by molar-refractivity contribution is 0.0374.